The van der Waals surface area contributed by atoms with Crippen molar-refractivity contribution in [1.82, 2.24) is 4.98 Å². The van der Waals surface area contributed by atoms with Gasteiger partial charge in [-0.15, -0.1) is 0 Å². The summed E-state index contributed by atoms with van der Waals surface area (Å²) in [5.41, 5.74) is 0.710. The van der Waals surface area contributed by atoms with Gasteiger partial charge in [0.2, 0.25) is 5.91 Å². The Balaban J connectivity index is 2.07. The lowest BCUT2D eigenvalue weighted by atomic mass is 10.0. The van der Waals surface area contributed by atoms with Crippen LogP contribution in [0.1, 0.15) is 5.69 Å². The number of halogens is 1. The predicted molar refractivity (Wildman–Crippen MR) is 72.1 cm³/mol. The number of nitrogens with zero attached hydrogens (tertiary/aromatic N) is 2. The fourth-order valence-corrected chi connectivity index (χ4v) is 1.71. The van der Waals surface area contributed by atoms with Crippen molar-refractivity contribution in [2.75, 3.05) is 5.32 Å². The second kappa shape index (κ2) is 6.43. The van der Waals surface area contributed by atoms with Crippen molar-refractivity contribution in [3.63, 3.8) is 0 Å². The average molecular weight is 269 g/mol. The Kier molecular flexibility index (Phi) is 4.40. The van der Waals surface area contributed by atoms with Crippen LogP contribution in [-0.4, -0.2) is 10.9 Å². The molecular weight excluding hydrogens is 257 g/mol. The van der Waals surface area contributed by atoms with Crippen molar-refractivity contribution >= 4 is 11.6 Å². The summed E-state index contributed by atoms with van der Waals surface area (Å²) < 4.78 is 13.4. The number of hydrogen-bond acceptors (Lipinski definition) is 3. The van der Waals surface area contributed by atoms with Crippen molar-refractivity contribution in [3.05, 3.63) is 60.2 Å². The summed E-state index contributed by atoms with van der Waals surface area (Å²) in [7, 11) is 0. The van der Waals surface area contributed by atoms with Crippen LogP contribution in [0, 0.1) is 23.1 Å². The molecule has 1 atom stereocenters. The molecule has 2 aromatic rings. The first-order valence-corrected chi connectivity index (χ1v) is 6.05. The van der Waals surface area contributed by atoms with Crippen molar-refractivity contribution < 1.29 is 9.18 Å². The lowest BCUT2D eigenvalue weighted by Crippen LogP contribution is -2.24. The number of anilines is 1. The van der Waals surface area contributed by atoms with E-state index in [2.05, 4.69) is 10.3 Å². The molecule has 0 spiro atoms. The fourth-order valence-electron chi connectivity index (χ4n) is 1.71. The number of hydrogen-bond donors (Lipinski definition) is 1. The highest BCUT2D eigenvalue weighted by Crippen LogP contribution is 2.15. The first kappa shape index (κ1) is 13.7. The molecule has 0 radical (unpaired) electrons. The minimum absolute atomic E-state index is 0.0683. The van der Waals surface area contributed by atoms with E-state index >= 15 is 0 Å². The van der Waals surface area contributed by atoms with Gasteiger partial charge >= 0.3 is 0 Å². The molecule has 4 nitrogen and oxygen atoms in total. The number of carbonyl (C=O) groups excluding carboxylic acids is 1. The molecule has 0 aliphatic carbocycles. The second-order valence-electron chi connectivity index (χ2n) is 4.18. The maximum absolute atomic E-state index is 13.4. The highest BCUT2D eigenvalue weighted by atomic mass is 19.1. The Bertz CT molecular complexity index is 637. The van der Waals surface area contributed by atoms with E-state index in [1.54, 1.807) is 30.5 Å². The van der Waals surface area contributed by atoms with Crippen molar-refractivity contribution in [1.29, 1.82) is 5.26 Å². The van der Waals surface area contributed by atoms with Gasteiger partial charge in [-0.3, -0.25) is 9.78 Å². The molecule has 1 N–H and O–H groups in total. The molecule has 0 bridgehead atoms. The smallest absolute Gasteiger partial charge is 0.242 e. The number of benzene rings is 1. The van der Waals surface area contributed by atoms with Crippen LogP contribution in [0.3, 0.4) is 0 Å². The van der Waals surface area contributed by atoms with Crippen LogP contribution < -0.4 is 5.32 Å². The van der Waals surface area contributed by atoms with Crippen LogP contribution in [0.25, 0.3) is 0 Å². The summed E-state index contributed by atoms with van der Waals surface area (Å²) in [5.74, 6) is -1.98. The molecule has 2 rings (SSSR count). The number of rotatable bonds is 4. The number of carbonyl (C=O) groups is 1. The standard InChI is InChI=1S/C15H12FN3O/c16-13-6-1-2-7-14(13)19-15(20)11(10-17)9-12-5-3-4-8-18-12/h1-8,11H,9H2,(H,19,20). The van der Waals surface area contributed by atoms with Crippen LogP contribution >= 0.6 is 0 Å². The molecular formula is C15H12FN3O. The van der Waals surface area contributed by atoms with E-state index in [1.807, 2.05) is 6.07 Å². The van der Waals surface area contributed by atoms with Crippen LogP contribution in [0.15, 0.2) is 48.7 Å². The van der Waals surface area contributed by atoms with E-state index in [1.165, 1.54) is 18.2 Å². The van der Waals surface area contributed by atoms with Crippen molar-refractivity contribution in [2.24, 2.45) is 5.92 Å². The molecule has 1 unspecified atom stereocenters. The molecule has 0 fully saturated rings. The normalized spacial score (nSPS) is 11.4. The Morgan fingerprint density at radius 3 is 2.70 bits per heavy atom. The fraction of sp³-hybridized carbons (Fsp3) is 0.133. The Hall–Kier alpha value is -2.74. The number of nitriles is 1. The number of nitrogens with one attached hydrogen (secondary N) is 1. The lowest BCUT2D eigenvalue weighted by molar-refractivity contribution is -0.118. The molecule has 0 saturated heterocycles. The maximum Gasteiger partial charge on any atom is 0.242 e. The van der Waals surface area contributed by atoms with Gasteiger partial charge in [-0.25, -0.2) is 4.39 Å². The summed E-state index contributed by atoms with van der Waals surface area (Å²) in [6.45, 7) is 0. The molecule has 0 saturated carbocycles. The Morgan fingerprint density at radius 1 is 1.30 bits per heavy atom. The van der Waals surface area contributed by atoms with E-state index in [0.717, 1.165) is 0 Å². The number of para-hydroxylation sites is 1. The molecule has 5 heteroatoms. The average Bonchev–Trinajstić information content (AvgIpc) is 2.48. The maximum atomic E-state index is 13.4. The summed E-state index contributed by atoms with van der Waals surface area (Å²) in [4.78, 5) is 16.0. The van der Waals surface area contributed by atoms with Crippen LogP contribution in [0.4, 0.5) is 10.1 Å². The summed E-state index contributed by atoms with van der Waals surface area (Å²) in [6, 6.07) is 13.0. The van der Waals surface area contributed by atoms with E-state index in [0.29, 0.717) is 5.69 Å². The van der Waals surface area contributed by atoms with E-state index in [9.17, 15) is 9.18 Å². The summed E-state index contributed by atoms with van der Waals surface area (Å²) in [6.07, 6.45) is 1.79. The van der Waals surface area contributed by atoms with E-state index in [-0.39, 0.29) is 12.1 Å². The van der Waals surface area contributed by atoms with Gasteiger partial charge in [-0.2, -0.15) is 5.26 Å². The highest BCUT2D eigenvalue weighted by Gasteiger charge is 2.20. The third kappa shape index (κ3) is 3.39. The van der Waals surface area contributed by atoms with Crippen LogP contribution in [0.2, 0.25) is 0 Å². The molecule has 20 heavy (non-hydrogen) atoms. The van der Waals surface area contributed by atoms with Gasteiger partial charge in [0.1, 0.15) is 11.7 Å². The van der Waals surface area contributed by atoms with Crippen molar-refractivity contribution in [2.45, 2.75) is 6.42 Å². The first-order chi connectivity index (χ1) is 9.70. The molecule has 0 aliphatic heterocycles. The van der Waals surface area contributed by atoms with E-state index < -0.39 is 17.6 Å². The molecule has 1 aromatic carbocycles. The van der Waals surface area contributed by atoms with Gasteiger partial charge in [0.05, 0.1) is 11.8 Å². The van der Waals surface area contributed by atoms with Gasteiger partial charge in [0, 0.05) is 18.3 Å². The molecule has 1 aromatic heterocycles. The Morgan fingerprint density at radius 2 is 2.05 bits per heavy atom. The van der Waals surface area contributed by atoms with Gasteiger partial charge in [-0.1, -0.05) is 18.2 Å². The number of aromatic nitrogens is 1. The number of pyridine rings is 1. The SMILES string of the molecule is N#CC(Cc1ccccn1)C(=O)Nc1ccccc1F. The molecule has 0 aliphatic rings. The van der Waals surface area contributed by atoms with Crippen LogP contribution in [-0.2, 0) is 11.2 Å². The Labute approximate surface area is 115 Å². The summed E-state index contributed by atoms with van der Waals surface area (Å²) in [5, 5.41) is 11.5. The largest absolute Gasteiger partial charge is 0.322 e. The molecule has 1 heterocycles. The van der Waals surface area contributed by atoms with Gasteiger partial charge < -0.3 is 5.32 Å². The zero-order valence-electron chi connectivity index (χ0n) is 10.6. The highest BCUT2D eigenvalue weighted by molar-refractivity contribution is 5.94. The third-order valence-corrected chi connectivity index (χ3v) is 2.74. The number of amides is 1. The zero-order chi connectivity index (χ0) is 14.4. The predicted octanol–water partition coefficient (Wildman–Crippen LogP) is 2.54. The zero-order valence-corrected chi connectivity index (χ0v) is 10.6. The van der Waals surface area contributed by atoms with Crippen LogP contribution in [0.5, 0.6) is 0 Å². The van der Waals surface area contributed by atoms with Gasteiger partial charge in [0.25, 0.3) is 0 Å². The topological polar surface area (TPSA) is 65.8 Å². The first-order valence-electron chi connectivity index (χ1n) is 6.05. The van der Waals surface area contributed by atoms with E-state index in [4.69, 9.17) is 5.26 Å². The second-order valence-corrected chi connectivity index (χ2v) is 4.18. The lowest BCUT2D eigenvalue weighted by Gasteiger charge is -2.10. The van der Waals surface area contributed by atoms with Gasteiger partial charge in [0.15, 0.2) is 0 Å². The molecule has 100 valence electrons. The minimum Gasteiger partial charge on any atom is -0.322 e. The quantitative estimate of drug-likeness (QED) is 0.927. The third-order valence-electron chi connectivity index (χ3n) is 2.74. The minimum atomic E-state index is -0.912. The molecule has 1 amide bonds. The monoisotopic (exact) mass is 269 g/mol. The van der Waals surface area contributed by atoms with Crippen molar-refractivity contribution in [3.8, 4) is 6.07 Å². The van der Waals surface area contributed by atoms with Gasteiger partial charge in [-0.05, 0) is 24.3 Å². The summed E-state index contributed by atoms with van der Waals surface area (Å²) >= 11 is 0.